The number of nitrogens with zero attached hydrogens (tertiary/aromatic N) is 1. The minimum atomic E-state index is -3.59. The van der Waals surface area contributed by atoms with Gasteiger partial charge in [-0.05, 0) is 43.0 Å². The number of amidine groups is 1. The lowest BCUT2D eigenvalue weighted by atomic mass is 9.67. The number of nitrogens with one attached hydrogen (secondary N) is 1. The molecule has 1 unspecified atom stereocenters. The van der Waals surface area contributed by atoms with Gasteiger partial charge in [-0.1, -0.05) is 47.9 Å². The van der Waals surface area contributed by atoms with Crippen LogP contribution < -0.4 is 11.1 Å². The van der Waals surface area contributed by atoms with Gasteiger partial charge in [-0.3, -0.25) is 13.9 Å². The minimum absolute atomic E-state index is 0.0145. The summed E-state index contributed by atoms with van der Waals surface area (Å²) in [5.74, 6) is -0.0414. The molecular weight excluding hydrogens is 402 g/mol. The van der Waals surface area contributed by atoms with Crippen LogP contribution in [0.5, 0.6) is 0 Å². The number of aliphatic hydroxyl groups excluding tert-OH is 1. The Morgan fingerprint density at radius 1 is 1.23 bits per heavy atom. The van der Waals surface area contributed by atoms with Crippen LogP contribution in [0.4, 0.5) is 11.4 Å². The van der Waals surface area contributed by atoms with Crippen molar-refractivity contribution in [3.05, 3.63) is 59.2 Å². The van der Waals surface area contributed by atoms with Crippen molar-refractivity contribution in [1.82, 2.24) is 0 Å². The number of fused-ring (bicyclic) bond motifs is 2. The summed E-state index contributed by atoms with van der Waals surface area (Å²) in [6.07, 6.45) is 2.85. The molecule has 8 heteroatoms. The second kappa shape index (κ2) is 6.34. The molecule has 0 amide bonds. The third kappa shape index (κ3) is 2.83. The van der Waals surface area contributed by atoms with Gasteiger partial charge in [0.25, 0.3) is 0 Å². The van der Waals surface area contributed by atoms with E-state index in [0.29, 0.717) is 29.3 Å². The van der Waals surface area contributed by atoms with Crippen LogP contribution in [-0.4, -0.2) is 25.8 Å². The molecule has 0 bridgehead atoms. The molecule has 5 rings (SSSR count). The van der Waals surface area contributed by atoms with Crippen LogP contribution in [0.25, 0.3) is 5.76 Å². The first-order chi connectivity index (χ1) is 14.2. The molecule has 0 saturated heterocycles. The fourth-order valence-corrected chi connectivity index (χ4v) is 5.63. The molecule has 6 N–H and O–H groups in total. The third-order valence-electron chi connectivity index (χ3n) is 6.14. The highest BCUT2D eigenvalue weighted by molar-refractivity contribution is 8.23. The van der Waals surface area contributed by atoms with Crippen LogP contribution >= 0.6 is 10.8 Å². The monoisotopic (exact) mass is 425 g/mol. The number of carbonyl (C=O) groups excluding carboxylic acids is 1. The number of nitrogen functional groups attached to an aromatic ring is 1. The predicted octanol–water partition coefficient (Wildman–Crippen LogP) is 4.73. The number of hydrogen-bond acceptors (Lipinski definition) is 7. The van der Waals surface area contributed by atoms with Gasteiger partial charge in [0.15, 0.2) is 11.6 Å². The molecule has 30 heavy (non-hydrogen) atoms. The number of rotatable bonds is 3. The van der Waals surface area contributed by atoms with Crippen LogP contribution in [-0.2, 0) is 10.2 Å². The van der Waals surface area contributed by atoms with Gasteiger partial charge in [0.1, 0.15) is 16.2 Å². The molecule has 0 radical (unpaired) electrons. The number of nitrogens with two attached hydrogens (primary N) is 1. The highest BCUT2D eigenvalue weighted by atomic mass is 32.3. The van der Waals surface area contributed by atoms with Crippen molar-refractivity contribution < 1.29 is 19.0 Å². The Bertz CT molecular complexity index is 1150. The van der Waals surface area contributed by atoms with Crippen molar-refractivity contribution in [2.45, 2.75) is 36.5 Å². The molecule has 1 fully saturated rings. The van der Waals surface area contributed by atoms with E-state index in [1.807, 2.05) is 25.1 Å². The Labute approximate surface area is 175 Å². The molecule has 2 aromatic rings. The molecule has 156 valence electrons. The first-order valence-corrected chi connectivity index (χ1v) is 11.3. The Morgan fingerprint density at radius 2 is 1.97 bits per heavy atom. The number of anilines is 2. The molecule has 1 saturated carbocycles. The normalized spacial score (nSPS) is 25.7. The molecule has 3 aliphatic rings. The lowest BCUT2D eigenvalue weighted by molar-refractivity contribution is -0.120. The zero-order valence-electron chi connectivity index (χ0n) is 16.4. The smallest absolute Gasteiger partial charge is 0.180 e. The summed E-state index contributed by atoms with van der Waals surface area (Å²) in [5, 5.41) is 14.1. The molecule has 1 atom stereocenters. The number of carbonyl (C=O) groups is 1. The maximum Gasteiger partial charge on any atom is 0.180 e. The lowest BCUT2D eigenvalue weighted by Gasteiger charge is -2.39. The van der Waals surface area contributed by atoms with E-state index in [1.54, 1.807) is 18.2 Å². The van der Waals surface area contributed by atoms with Gasteiger partial charge in [0, 0.05) is 11.3 Å². The molecule has 1 heterocycles. The first-order valence-electron chi connectivity index (χ1n) is 9.84. The Hall–Kier alpha value is -2.81. The van der Waals surface area contributed by atoms with Gasteiger partial charge in [-0.2, -0.15) is 0 Å². The molecule has 7 nitrogen and oxygen atoms in total. The van der Waals surface area contributed by atoms with Gasteiger partial charge in [0.05, 0.1) is 11.1 Å². The van der Waals surface area contributed by atoms with E-state index in [2.05, 4.69) is 9.71 Å². The fraction of sp³-hybridized carbons (Fsp3) is 0.273. The predicted molar refractivity (Wildman–Crippen MR) is 119 cm³/mol. The Balaban J connectivity index is 1.68. The zero-order chi connectivity index (χ0) is 21.3. The standard InChI is InChI=1S/C22H23N3O4S/c1-22(11-12-6-7-12)15-5-3-2-4-14(15)19(26)18(20(22)27)21-24-16-9-8-13(23)10-17(16)30(28,29)25-21/h2-5,8-10,12,26,28-29H,6-7,11,23H2,1H3,(H,24,25). The second-order valence-electron chi connectivity index (χ2n) is 8.42. The van der Waals surface area contributed by atoms with Crippen LogP contribution in [0.3, 0.4) is 0 Å². The van der Waals surface area contributed by atoms with Crippen molar-refractivity contribution >= 4 is 39.5 Å². The van der Waals surface area contributed by atoms with E-state index >= 15 is 0 Å². The summed E-state index contributed by atoms with van der Waals surface area (Å²) < 4.78 is 25.4. The van der Waals surface area contributed by atoms with Crippen LogP contribution in [0, 0.1) is 5.92 Å². The quantitative estimate of drug-likeness (QED) is 0.452. The van der Waals surface area contributed by atoms with Crippen molar-refractivity contribution in [3.8, 4) is 0 Å². The van der Waals surface area contributed by atoms with Crippen molar-refractivity contribution in [3.63, 3.8) is 0 Å². The Kier molecular flexibility index (Phi) is 4.05. The fourth-order valence-electron chi connectivity index (χ4n) is 4.44. The van der Waals surface area contributed by atoms with E-state index in [0.717, 1.165) is 18.4 Å². The number of benzene rings is 2. The minimum Gasteiger partial charge on any atom is -0.506 e. The number of aliphatic hydroxyl groups is 1. The van der Waals surface area contributed by atoms with E-state index in [4.69, 9.17) is 5.73 Å². The van der Waals surface area contributed by atoms with E-state index < -0.39 is 16.2 Å². The summed E-state index contributed by atoms with van der Waals surface area (Å²) in [5.41, 5.74) is 7.06. The average molecular weight is 426 g/mol. The molecular formula is C22H23N3O4S. The average Bonchev–Trinajstić information content (AvgIpc) is 3.51. The van der Waals surface area contributed by atoms with Crippen molar-refractivity contribution in [2.75, 3.05) is 11.1 Å². The zero-order valence-corrected chi connectivity index (χ0v) is 17.2. The largest absolute Gasteiger partial charge is 0.506 e. The van der Waals surface area contributed by atoms with Crippen LogP contribution in [0.1, 0.15) is 37.3 Å². The maximum atomic E-state index is 13.7. The molecule has 0 spiro atoms. The molecule has 0 aromatic heterocycles. The van der Waals surface area contributed by atoms with E-state index in [1.165, 1.54) is 6.07 Å². The van der Waals surface area contributed by atoms with Gasteiger partial charge in [0.2, 0.25) is 0 Å². The molecule has 2 aromatic carbocycles. The summed E-state index contributed by atoms with van der Waals surface area (Å²) >= 11 is 0. The highest BCUT2D eigenvalue weighted by Crippen LogP contribution is 2.57. The Morgan fingerprint density at radius 3 is 2.70 bits per heavy atom. The summed E-state index contributed by atoms with van der Waals surface area (Å²) in [4.78, 5) is 13.9. The third-order valence-corrected chi connectivity index (χ3v) is 7.51. The van der Waals surface area contributed by atoms with Gasteiger partial charge in [-0.15, -0.1) is 4.40 Å². The number of ketones is 1. The number of hydrogen-bond donors (Lipinski definition) is 5. The van der Waals surface area contributed by atoms with Crippen LogP contribution in [0.2, 0.25) is 0 Å². The first kappa shape index (κ1) is 19.2. The number of Topliss-reactive ketones (excluding diaryl/α,β-unsaturated/α-hetero) is 1. The molecule has 1 aliphatic heterocycles. The highest BCUT2D eigenvalue weighted by Gasteiger charge is 2.48. The topological polar surface area (TPSA) is 128 Å². The maximum absolute atomic E-state index is 13.7. The van der Waals surface area contributed by atoms with E-state index in [-0.39, 0.29) is 27.8 Å². The summed E-state index contributed by atoms with van der Waals surface area (Å²) in [6, 6.07) is 12.0. The second-order valence-corrected chi connectivity index (χ2v) is 10.1. The van der Waals surface area contributed by atoms with Gasteiger partial charge >= 0.3 is 0 Å². The van der Waals surface area contributed by atoms with Crippen LogP contribution in [0.15, 0.2) is 57.3 Å². The SMILES string of the molecule is CC1(CC2CC2)C(=O)C(C2=NS(O)(O)c3cc(N)ccc3N2)=C(O)c2ccccc21. The summed E-state index contributed by atoms with van der Waals surface area (Å²) in [6.45, 7) is 1.90. The van der Waals surface area contributed by atoms with Crippen molar-refractivity contribution in [1.29, 1.82) is 0 Å². The van der Waals surface area contributed by atoms with E-state index in [9.17, 15) is 19.0 Å². The van der Waals surface area contributed by atoms with Gasteiger partial charge < -0.3 is 16.2 Å². The van der Waals surface area contributed by atoms with Gasteiger partial charge in [-0.25, -0.2) is 0 Å². The van der Waals surface area contributed by atoms with Crippen molar-refractivity contribution in [2.24, 2.45) is 10.3 Å². The molecule has 2 aliphatic carbocycles. The summed E-state index contributed by atoms with van der Waals surface area (Å²) in [7, 11) is -3.59. The lowest BCUT2D eigenvalue weighted by Crippen LogP contribution is -2.42.